The molecule has 0 saturated carbocycles. The Morgan fingerprint density at radius 2 is 2.00 bits per heavy atom. The fourth-order valence-electron chi connectivity index (χ4n) is 1.82. The smallest absolute Gasteiger partial charge is 0.355 e. The molecule has 1 aromatic carbocycles. The number of thiazole rings is 1. The number of anilines is 1. The molecule has 1 heterocycles. The third-order valence-electron chi connectivity index (χ3n) is 2.84. The van der Waals surface area contributed by atoms with Crippen molar-refractivity contribution in [2.75, 3.05) is 12.4 Å². The summed E-state index contributed by atoms with van der Waals surface area (Å²) in [6.07, 6.45) is 0. The van der Waals surface area contributed by atoms with Gasteiger partial charge in [-0.1, -0.05) is 30.3 Å². The van der Waals surface area contributed by atoms with Gasteiger partial charge in [-0.3, -0.25) is 0 Å². The van der Waals surface area contributed by atoms with Gasteiger partial charge in [0.1, 0.15) is 0 Å². The van der Waals surface area contributed by atoms with Crippen LogP contribution in [0.25, 0.3) is 0 Å². The maximum absolute atomic E-state index is 11.9. The number of ether oxygens (including phenoxy) is 1. The fourth-order valence-corrected chi connectivity index (χ4v) is 2.66. The average Bonchev–Trinajstić information content (AvgIpc) is 2.86. The third kappa shape index (κ3) is 3.38. The van der Waals surface area contributed by atoms with E-state index >= 15 is 0 Å². The summed E-state index contributed by atoms with van der Waals surface area (Å²) in [6, 6.07) is 8.29. The van der Waals surface area contributed by atoms with E-state index in [9.17, 15) is 9.59 Å². The number of methoxy groups -OCH3 is 1. The molecule has 0 saturated heterocycles. The second-order valence-electron chi connectivity index (χ2n) is 4.24. The summed E-state index contributed by atoms with van der Waals surface area (Å²) in [7, 11) is 1.30. The molecule has 0 spiro atoms. The van der Waals surface area contributed by atoms with Gasteiger partial charge in [-0.2, -0.15) is 0 Å². The number of carbonyl (C=O) groups is 2. The number of aryl methyl sites for hydroxylation is 1. The summed E-state index contributed by atoms with van der Waals surface area (Å²) in [4.78, 5) is 27.5. The van der Waals surface area contributed by atoms with E-state index in [4.69, 9.17) is 9.84 Å². The van der Waals surface area contributed by atoms with Crippen molar-refractivity contribution in [2.24, 2.45) is 0 Å². The summed E-state index contributed by atoms with van der Waals surface area (Å²) in [5.41, 5.74) is 0.702. The first-order valence-electron chi connectivity index (χ1n) is 6.13. The maximum Gasteiger partial charge on any atom is 0.355 e. The quantitative estimate of drug-likeness (QED) is 0.825. The first-order valence-corrected chi connectivity index (χ1v) is 6.94. The van der Waals surface area contributed by atoms with E-state index in [1.807, 2.05) is 18.2 Å². The predicted octanol–water partition coefficient (Wildman–Crippen LogP) is 2.48. The lowest BCUT2D eigenvalue weighted by Crippen LogP contribution is -2.22. The standard InChI is InChI=1S/C14H14N2O4S/c1-8-10(12(17)18)15-14(21-8)16-11(13(19)20-2)9-6-4-3-5-7-9/h3-7,11H,1-2H3,(H,15,16)(H,17,18). The summed E-state index contributed by atoms with van der Waals surface area (Å²) in [5.74, 6) is -1.56. The van der Waals surface area contributed by atoms with Crippen LogP contribution in [-0.2, 0) is 9.53 Å². The molecule has 0 radical (unpaired) electrons. The highest BCUT2D eigenvalue weighted by Crippen LogP contribution is 2.27. The van der Waals surface area contributed by atoms with E-state index in [1.54, 1.807) is 19.1 Å². The molecule has 2 rings (SSSR count). The van der Waals surface area contributed by atoms with E-state index in [-0.39, 0.29) is 5.69 Å². The number of hydrogen-bond donors (Lipinski definition) is 2. The number of rotatable bonds is 5. The Hall–Kier alpha value is -2.41. The average molecular weight is 306 g/mol. The van der Waals surface area contributed by atoms with Crippen LogP contribution in [0.5, 0.6) is 0 Å². The zero-order valence-electron chi connectivity index (χ0n) is 11.5. The van der Waals surface area contributed by atoms with Crippen LogP contribution >= 0.6 is 11.3 Å². The van der Waals surface area contributed by atoms with Crippen molar-refractivity contribution in [1.82, 2.24) is 4.98 Å². The lowest BCUT2D eigenvalue weighted by Gasteiger charge is -2.15. The van der Waals surface area contributed by atoms with Gasteiger partial charge in [-0.05, 0) is 12.5 Å². The van der Waals surface area contributed by atoms with Crippen molar-refractivity contribution in [3.63, 3.8) is 0 Å². The van der Waals surface area contributed by atoms with Crippen LogP contribution in [0.1, 0.15) is 27.0 Å². The second-order valence-corrected chi connectivity index (χ2v) is 5.44. The van der Waals surface area contributed by atoms with Gasteiger partial charge in [0.15, 0.2) is 16.9 Å². The fraction of sp³-hybridized carbons (Fsp3) is 0.214. The van der Waals surface area contributed by atoms with Crippen LogP contribution in [0.4, 0.5) is 5.13 Å². The Labute approximate surface area is 125 Å². The van der Waals surface area contributed by atoms with Gasteiger partial charge in [0.2, 0.25) is 0 Å². The van der Waals surface area contributed by atoms with E-state index in [1.165, 1.54) is 18.4 Å². The van der Waals surface area contributed by atoms with Gasteiger partial charge in [0.05, 0.1) is 7.11 Å². The highest BCUT2D eigenvalue weighted by Gasteiger charge is 2.23. The summed E-state index contributed by atoms with van der Waals surface area (Å²) in [5, 5.41) is 12.3. The Bertz CT molecular complexity index is 654. The number of benzene rings is 1. The minimum absolute atomic E-state index is 0.0147. The topological polar surface area (TPSA) is 88.5 Å². The maximum atomic E-state index is 11.9. The van der Waals surface area contributed by atoms with Crippen molar-refractivity contribution in [3.8, 4) is 0 Å². The number of nitrogens with one attached hydrogen (secondary N) is 1. The summed E-state index contributed by atoms with van der Waals surface area (Å²) >= 11 is 1.18. The number of hydrogen-bond acceptors (Lipinski definition) is 6. The molecule has 21 heavy (non-hydrogen) atoms. The van der Waals surface area contributed by atoms with Crippen LogP contribution in [0.3, 0.4) is 0 Å². The largest absolute Gasteiger partial charge is 0.476 e. The molecule has 0 aliphatic rings. The molecule has 0 aliphatic heterocycles. The van der Waals surface area contributed by atoms with Crippen LogP contribution in [0.2, 0.25) is 0 Å². The molecule has 2 N–H and O–H groups in total. The van der Waals surface area contributed by atoms with Crippen molar-refractivity contribution >= 4 is 28.4 Å². The summed E-state index contributed by atoms with van der Waals surface area (Å²) in [6.45, 7) is 1.67. The number of carboxylic acids is 1. The second kappa shape index (κ2) is 6.36. The normalized spacial score (nSPS) is 11.7. The molecule has 1 atom stereocenters. The highest BCUT2D eigenvalue weighted by molar-refractivity contribution is 7.15. The van der Waals surface area contributed by atoms with Gasteiger partial charge in [0, 0.05) is 4.88 Å². The molecule has 7 heteroatoms. The van der Waals surface area contributed by atoms with Gasteiger partial charge < -0.3 is 15.2 Å². The predicted molar refractivity (Wildman–Crippen MR) is 78.6 cm³/mol. The van der Waals surface area contributed by atoms with E-state index in [2.05, 4.69) is 10.3 Å². The van der Waals surface area contributed by atoms with E-state index in [0.29, 0.717) is 15.6 Å². The monoisotopic (exact) mass is 306 g/mol. The Kier molecular flexibility index (Phi) is 4.54. The minimum Gasteiger partial charge on any atom is -0.476 e. The SMILES string of the molecule is COC(=O)C(Nc1nc(C(=O)O)c(C)s1)c1ccccc1. The molecule has 1 unspecified atom stereocenters. The Morgan fingerprint density at radius 1 is 1.33 bits per heavy atom. The van der Waals surface area contributed by atoms with Crippen LogP contribution in [-0.4, -0.2) is 29.1 Å². The summed E-state index contributed by atoms with van der Waals surface area (Å²) < 4.78 is 4.78. The molecule has 0 bridgehead atoms. The Balaban J connectivity index is 2.30. The third-order valence-corrected chi connectivity index (χ3v) is 3.74. The van der Waals surface area contributed by atoms with Crippen LogP contribution in [0.15, 0.2) is 30.3 Å². The number of carboxylic acid groups (broad SMARTS) is 1. The number of esters is 1. The van der Waals surface area contributed by atoms with Crippen LogP contribution in [0, 0.1) is 6.92 Å². The highest BCUT2D eigenvalue weighted by atomic mass is 32.1. The first-order chi connectivity index (χ1) is 10.0. The zero-order valence-corrected chi connectivity index (χ0v) is 12.3. The lowest BCUT2D eigenvalue weighted by atomic mass is 10.1. The molecule has 1 aromatic heterocycles. The van der Waals surface area contributed by atoms with E-state index in [0.717, 1.165) is 0 Å². The molecule has 0 amide bonds. The van der Waals surface area contributed by atoms with Gasteiger partial charge >= 0.3 is 11.9 Å². The molecular weight excluding hydrogens is 292 g/mol. The van der Waals surface area contributed by atoms with Crippen LogP contribution < -0.4 is 5.32 Å². The lowest BCUT2D eigenvalue weighted by molar-refractivity contribution is -0.141. The first kappa shape index (κ1) is 15.0. The van der Waals surface area contributed by atoms with Crippen molar-refractivity contribution in [2.45, 2.75) is 13.0 Å². The zero-order chi connectivity index (χ0) is 15.4. The Morgan fingerprint density at radius 3 is 2.52 bits per heavy atom. The number of aromatic carboxylic acids is 1. The number of aromatic nitrogens is 1. The molecule has 6 nitrogen and oxygen atoms in total. The molecular formula is C14H14N2O4S. The number of carbonyl (C=O) groups excluding carboxylic acids is 1. The van der Waals surface area contributed by atoms with Gasteiger partial charge in [-0.25, -0.2) is 14.6 Å². The molecule has 0 fully saturated rings. The van der Waals surface area contributed by atoms with Gasteiger partial charge in [-0.15, -0.1) is 11.3 Å². The van der Waals surface area contributed by atoms with Gasteiger partial charge in [0.25, 0.3) is 0 Å². The molecule has 0 aliphatic carbocycles. The van der Waals surface area contributed by atoms with E-state index < -0.39 is 18.0 Å². The minimum atomic E-state index is -1.09. The molecule has 110 valence electrons. The van der Waals surface area contributed by atoms with Crippen molar-refractivity contribution in [1.29, 1.82) is 0 Å². The molecule has 2 aromatic rings. The van der Waals surface area contributed by atoms with Crippen molar-refractivity contribution in [3.05, 3.63) is 46.5 Å². The number of nitrogens with zero attached hydrogens (tertiary/aromatic N) is 1. The van der Waals surface area contributed by atoms with Crippen molar-refractivity contribution < 1.29 is 19.4 Å².